The van der Waals surface area contributed by atoms with E-state index in [1.165, 1.54) is 0 Å². The van der Waals surface area contributed by atoms with Crippen LogP contribution in [0.4, 0.5) is 0 Å². The van der Waals surface area contributed by atoms with Crippen LogP contribution in [0.3, 0.4) is 0 Å². The summed E-state index contributed by atoms with van der Waals surface area (Å²) in [6.45, 7) is 4.45. The minimum Gasteiger partial charge on any atom is -0.486 e. The van der Waals surface area contributed by atoms with Gasteiger partial charge in [0.15, 0.2) is 0 Å². The molecule has 0 aliphatic rings. The van der Waals surface area contributed by atoms with Gasteiger partial charge in [0.05, 0.1) is 10.7 Å². The summed E-state index contributed by atoms with van der Waals surface area (Å²) >= 11 is 1.64. The topological polar surface area (TPSA) is 48.1 Å². The minimum atomic E-state index is -0.0678. The molecule has 1 aromatic heterocycles. The molecule has 3 rings (SSSR count). The number of thiazole rings is 1. The predicted molar refractivity (Wildman–Crippen MR) is 87.7 cm³/mol. The van der Waals surface area contributed by atoms with Crippen LogP contribution in [0.1, 0.15) is 29.2 Å². The summed E-state index contributed by atoms with van der Waals surface area (Å²) in [5.74, 6) is 0.869. The number of benzene rings is 2. The van der Waals surface area contributed by atoms with E-state index in [2.05, 4.69) is 29.2 Å². The van der Waals surface area contributed by atoms with Gasteiger partial charge in [-0.25, -0.2) is 4.98 Å². The molecule has 0 spiro atoms. The van der Waals surface area contributed by atoms with Crippen molar-refractivity contribution < 1.29 is 4.74 Å². The average molecular weight is 298 g/mol. The summed E-state index contributed by atoms with van der Waals surface area (Å²) in [5, 5.41) is 5.34. The number of nitrogens with two attached hydrogens (primary N) is 1. The van der Waals surface area contributed by atoms with Crippen LogP contribution in [-0.2, 0) is 6.61 Å². The largest absolute Gasteiger partial charge is 0.486 e. The summed E-state index contributed by atoms with van der Waals surface area (Å²) in [6.07, 6.45) is 0. The SMILES string of the molecule is Cc1nc(COc2c(C(C)N)ccc3ccccc23)cs1. The number of ether oxygens (including phenoxy) is 1. The second kappa shape index (κ2) is 5.84. The highest BCUT2D eigenvalue weighted by Gasteiger charge is 2.13. The van der Waals surface area contributed by atoms with E-state index in [4.69, 9.17) is 10.5 Å². The summed E-state index contributed by atoms with van der Waals surface area (Å²) in [5.41, 5.74) is 8.07. The van der Waals surface area contributed by atoms with E-state index >= 15 is 0 Å². The Bertz CT molecular complexity index is 764. The summed E-state index contributed by atoms with van der Waals surface area (Å²) < 4.78 is 6.08. The van der Waals surface area contributed by atoms with E-state index < -0.39 is 0 Å². The molecule has 0 fully saturated rings. The maximum absolute atomic E-state index is 6.09. The summed E-state index contributed by atoms with van der Waals surface area (Å²) in [7, 11) is 0. The first-order chi connectivity index (χ1) is 10.1. The molecule has 0 saturated carbocycles. The molecule has 0 radical (unpaired) electrons. The second-order valence-corrected chi connectivity index (χ2v) is 6.20. The van der Waals surface area contributed by atoms with Gasteiger partial charge < -0.3 is 10.5 Å². The lowest BCUT2D eigenvalue weighted by Gasteiger charge is -2.16. The molecule has 2 aromatic carbocycles. The van der Waals surface area contributed by atoms with E-state index in [-0.39, 0.29) is 6.04 Å². The van der Waals surface area contributed by atoms with Gasteiger partial charge in [-0.1, -0.05) is 36.4 Å². The number of fused-ring (bicyclic) bond motifs is 1. The first-order valence-corrected chi connectivity index (χ1v) is 7.84. The predicted octanol–water partition coefficient (Wildman–Crippen LogP) is 4.20. The van der Waals surface area contributed by atoms with Crippen molar-refractivity contribution >= 4 is 22.1 Å². The third-order valence-electron chi connectivity index (χ3n) is 3.43. The molecule has 0 aliphatic heterocycles. The molecule has 3 aromatic rings. The zero-order valence-electron chi connectivity index (χ0n) is 12.2. The van der Waals surface area contributed by atoms with Crippen LogP contribution in [0, 0.1) is 6.92 Å². The first-order valence-electron chi connectivity index (χ1n) is 6.96. The van der Waals surface area contributed by atoms with Crippen molar-refractivity contribution in [3.05, 3.63) is 58.0 Å². The lowest BCUT2D eigenvalue weighted by molar-refractivity contribution is 0.301. The van der Waals surface area contributed by atoms with E-state index in [1.54, 1.807) is 11.3 Å². The Morgan fingerprint density at radius 3 is 2.76 bits per heavy atom. The summed E-state index contributed by atoms with van der Waals surface area (Å²) in [6, 6.07) is 12.3. The van der Waals surface area contributed by atoms with Gasteiger partial charge in [-0.2, -0.15) is 0 Å². The average Bonchev–Trinajstić information content (AvgIpc) is 2.90. The van der Waals surface area contributed by atoms with Crippen molar-refractivity contribution in [3.63, 3.8) is 0 Å². The van der Waals surface area contributed by atoms with Gasteiger partial charge in [-0.05, 0) is 19.2 Å². The molecule has 0 aliphatic carbocycles. The Morgan fingerprint density at radius 2 is 2.05 bits per heavy atom. The van der Waals surface area contributed by atoms with Gasteiger partial charge in [0.2, 0.25) is 0 Å². The van der Waals surface area contributed by atoms with Crippen LogP contribution < -0.4 is 10.5 Å². The molecule has 0 bridgehead atoms. The number of nitrogens with zero attached hydrogens (tertiary/aromatic N) is 1. The fourth-order valence-corrected chi connectivity index (χ4v) is 3.00. The molecule has 4 heteroatoms. The highest BCUT2D eigenvalue weighted by atomic mass is 32.1. The highest BCUT2D eigenvalue weighted by molar-refractivity contribution is 7.09. The Kier molecular flexibility index (Phi) is 3.90. The van der Waals surface area contributed by atoms with Crippen molar-refractivity contribution in [2.24, 2.45) is 5.73 Å². The smallest absolute Gasteiger partial charge is 0.132 e. The normalized spacial score (nSPS) is 12.5. The second-order valence-electron chi connectivity index (χ2n) is 5.14. The number of hydrogen-bond donors (Lipinski definition) is 1. The van der Waals surface area contributed by atoms with Crippen molar-refractivity contribution in [1.29, 1.82) is 0 Å². The monoisotopic (exact) mass is 298 g/mol. The quantitative estimate of drug-likeness (QED) is 0.785. The molecule has 108 valence electrons. The Labute approximate surface area is 128 Å². The van der Waals surface area contributed by atoms with Gasteiger partial charge in [-0.15, -0.1) is 11.3 Å². The Balaban J connectivity index is 1.99. The minimum absolute atomic E-state index is 0.0678. The highest BCUT2D eigenvalue weighted by Crippen LogP contribution is 2.33. The first kappa shape index (κ1) is 14.0. The zero-order chi connectivity index (χ0) is 14.8. The molecule has 1 heterocycles. The maximum Gasteiger partial charge on any atom is 0.132 e. The molecule has 0 saturated heterocycles. The molecule has 3 nitrogen and oxygen atoms in total. The van der Waals surface area contributed by atoms with Crippen LogP contribution in [-0.4, -0.2) is 4.98 Å². The Hall–Kier alpha value is -1.91. The van der Waals surface area contributed by atoms with Crippen LogP contribution >= 0.6 is 11.3 Å². The van der Waals surface area contributed by atoms with Crippen molar-refractivity contribution in [2.75, 3.05) is 0 Å². The molecule has 2 N–H and O–H groups in total. The van der Waals surface area contributed by atoms with E-state index in [9.17, 15) is 0 Å². The van der Waals surface area contributed by atoms with E-state index in [1.807, 2.05) is 31.4 Å². The molecular weight excluding hydrogens is 280 g/mol. The zero-order valence-corrected chi connectivity index (χ0v) is 13.0. The van der Waals surface area contributed by atoms with Gasteiger partial charge in [0.1, 0.15) is 12.4 Å². The van der Waals surface area contributed by atoms with Gasteiger partial charge in [-0.3, -0.25) is 0 Å². The number of hydrogen-bond acceptors (Lipinski definition) is 4. The lowest BCUT2D eigenvalue weighted by atomic mass is 10.0. The molecule has 21 heavy (non-hydrogen) atoms. The third-order valence-corrected chi connectivity index (χ3v) is 4.25. The van der Waals surface area contributed by atoms with Crippen LogP contribution in [0.2, 0.25) is 0 Å². The number of aryl methyl sites for hydroxylation is 1. The molecular formula is C17H18N2OS. The molecule has 1 unspecified atom stereocenters. The fourth-order valence-electron chi connectivity index (χ4n) is 2.40. The van der Waals surface area contributed by atoms with Crippen LogP contribution in [0.5, 0.6) is 5.75 Å². The van der Waals surface area contributed by atoms with Crippen molar-refractivity contribution in [2.45, 2.75) is 26.5 Å². The maximum atomic E-state index is 6.09. The van der Waals surface area contributed by atoms with E-state index in [0.717, 1.165) is 32.8 Å². The van der Waals surface area contributed by atoms with E-state index in [0.29, 0.717) is 6.61 Å². The number of aromatic nitrogens is 1. The van der Waals surface area contributed by atoms with Gasteiger partial charge in [0, 0.05) is 22.4 Å². The fraction of sp³-hybridized carbons (Fsp3) is 0.235. The van der Waals surface area contributed by atoms with Gasteiger partial charge in [0.25, 0.3) is 0 Å². The van der Waals surface area contributed by atoms with Gasteiger partial charge >= 0.3 is 0 Å². The van der Waals surface area contributed by atoms with Crippen molar-refractivity contribution in [3.8, 4) is 5.75 Å². The number of rotatable bonds is 4. The summed E-state index contributed by atoms with van der Waals surface area (Å²) in [4.78, 5) is 4.44. The van der Waals surface area contributed by atoms with Crippen LogP contribution in [0.25, 0.3) is 10.8 Å². The van der Waals surface area contributed by atoms with Crippen molar-refractivity contribution in [1.82, 2.24) is 4.98 Å². The molecule has 1 atom stereocenters. The standard InChI is InChI=1S/C17H18N2OS/c1-11(18)15-8-7-13-5-3-4-6-16(13)17(15)20-9-14-10-21-12(2)19-14/h3-8,10-11H,9,18H2,1-2H3. The molecule has 0 amide bonds. The van der Waals surface area contributed by atoms with Crippen LogP contribution in [0.15, 0.2) is 41.8 Å². The Morgan fingerprint density at radius 1 is 1.24 bits per heavy atom. The lowest BCUT2D eigenvalue weighted by Crippen LogP contribution is -2.08. The third kappa shape index (κ3) is 2.91.